The van der Waals surface area contributed by atoms with Gasteiger partial charge in [-0.1, -0.05) is 36.4 Å². The predicted molar refractivity (Wildman–Crippen MR) is 92.1 cm³/mol. The normalized spacial score (nSPS) is 16.6. The molecule has 0 fully saturated rings. The van der Waals surface area contributed by atoms with Gasteiger partial charge in [-0.2, -0.15) is 5.10 Å². The number of benzene rings is 2. The second-order valence-corrected chi connectivity index (χ2v) is 6.14. The SMILES string of the molecule is O=C(N[C@@H]1CCc2n[nH]c(=O)cc2C1)c1cccc2ccccc12. The number of aromatic nitrogens is 2. The van der Waals surface area contributed by atoms with Crippen LogP contribution in [-0.4, -0.2) is 22.1 Å². The molecule has 1 aromatic heterocycles. The number of nitrogens with one attached hydrogen (secondary N) is 2. The van der Waals surface area contributed by atoms with E-state index in [0.29, 0.717) is 12.0 Å². The Labute approximate surface area is 138 Å². The second kappa shape index (κ2) is 5.92. The van der Waals surface area contributed by atoms with Gasteiger partial charge in [-0.15, -0.1) is 0 Å². The summed E-state index contributed by atoms with van der Waals surface area (Å²) in [5.41, 5.74) is 2.33. The zero-order valence-electron chi connectivity index (χ0n) is 13.1. The van der Waals surface area contributed by atoms with E-state index in [9.17, 15) is 9.59 Å². The lowest BCUT2D eigenvalue weighted by atomic mass is 9.92. The van der Waals surface area contributed by atoms with Crippen LogP contribution in [0, 0.1) is 0 Å². The van der Waals surface area contributed by atoms with Crippen molar-refractivity contribution in [3.05, 3.63) is 75.7 Å². The van der Waals surface area contributed by atoms with Crippen LogP contribution in [0.25, 0.3) is 10.8 Å². The van der Waals surface area contributed by atoms with Crippen molar-refractivity contribution in [3.8, 4) is 0 Å². The molecule has 0 spiro atoms. The molecule has 3 aromatic rings. The summed E-state index contributed by atoms with van der Waals surface area (Å²) in [6.45, 7) is 0. The summed E-state index contributed by atoms with van der Waals surface area (Å²) in [6.07, 6.45) is 2.22. The van der Waals surface area contributed by atoms with Gasteiger partial charge in [0.25, 0.3) is 11.5 Å². The average Bonchev–Trinajstić information content (AvgIpc) is 2.61. The Bertz CT molecular complexity index is 972. The smallest absolute Gasteiger partial charge is 0.264 e. The Kier molecular flexibility index (Phi) is 3.61. The first-order valence-corrected chi connectivity index (χ1v) is 8.07. The molecule has 1 amide bonds. The first-order chi connectivity index (χ1) is 11.7. The molecule has 0 saturated heterocycles. The molecular formula is C19H17N3O2. The Balaban J connectivity index is 1.57. The zero-order chi connectivity index (χ0) is 16.5. The molecule has 1 heterocycles. The van der Waals surface area contributed by atoms with Gasteiger partial charge in [-0.05, 0) is 41.7 Å². The maximum atomic E-state index is 12.7. The molecule has 120 valence electrons. The van der Waals surface area contributed by atoms with Crippen LogP contribution in [0.4, 0.5) is 0 Å². The lowest BCUT2D eigenvalue weighted by molar-refractivity contribution is 0.0935. The maximum absolute atomic E-state index is 12.7. The Morgan fingerprint density at radius 3 is 2.92 bits per heavy atom. The molecule has 0 radical (unpaired) electrons. The standard InChI is InChI=1S/C19H17N3O2/c23-18-11-13-10-14(8-9-17(13)21-22-18)20-19(24)16-7-3-5-12-4-1-2-6-15(12)16/h1-7,11,14H,8-10H2,(H,20,24)(H,22,23)/t14-/m1/s1. The van der Waals surface area contributed by atoms with E-state index in [2.05, 4.69) is 15.5 Å². The molecule has 1 aliphatic rings. The van der Waals surface area contributed by atoms with Crippen LogP contribution in [-0.2, 0) is 12.8 Å². The highest BCUT2D eigenvalue weighted by Crippen LogP contribution is 2.21. The van der Waals surface area contributed by atoms with E-state index >= 15 is 0 Å². The van der Waals surface area contributed by atoms with Crippen LogP contribution in [0.3, 0.4) is 0 Å². The van der Waals surface area contributed by atoms with E-state index in [0.717, 1.165) is 34.9 Å². The molecule has 5 heteroatoms. The van der Waals surface area contributed by atoms with Crippen molar-refractivity contribution in [2.24, 2.45) is 0 Å². The van der Waals surface area contributed by atoms with Crippen molar-refractivity contribution in [1.82, 2.24) is 15.5 Å². The van der Waals surface area contributed by atoms with E-state index in [1.54, 1.807) is 6.07 Å². The van der Waals surface area contributed by atoms with Crippen molar-refractivity contribution in [1.29, 1.82) is 0 Å². The van der Waals surface area contributed by atoms with Gasteiger partial charge < -0.3 is 5.32 Å². The van der Waals surface area contributed by atoms with Gasteiger partial charge in [0, 0.05) is 17.7 Å². The fraction of sp³-hybridized carbons (Fsp3) is 0.211. The minimum atomic E-state index is -0.199. The van der Waals surface area contributed by atoms with Crippen molar-refractivity contribution in [3.63, 3.8) is 0 Å². The molecule has 0 bridgehead atoms. The van der Waals surface area contributed by atoms with Gasteiger partial charge in [0.05, 0.1) is 5.69 Å². The highest BCUT2D eigenvalue weighted by molar-refractivity contribution is 6.07. The summed E-state index contributed by atoms with van der Waals surface area (Å²) < 4.78 is 0. The number of H-pyrrole nitrogens is 1. The van der Waals surface area contributed by atoms with E-state index in [-0.39, 0.29) is 17.5 Å². The van der Waals surface area contributed by atoms with Crippen LogP contribution in [0.15, 0.2) is 53.3 Å². The van der Waals surface area contributed by atoms with Crippen LogP contribution in [0.5, 0.6) is 0 Å². The lowest BCUT2D eigenvalue weighted by Gasteiger charge is -2.24. The minimum Gasteiger partial charge on any atom is -0.349 e. The van der Waals surface area contributed by atoms with Gasteiger partial charge in [0.2, 0.25) is 0 Å². The molecule has 4 rings (SSSR count). The first kappa shape index (κ1) is 14.6. The van der Waals surface area contributed by atoms with Crippen LogP contribution < -0.4 is 10.9 Å². The van der Waals surface area contributed by atoms with Crippen molar-refractivity contribution >= 4 is 16.7 Å². The van der Waals surface area contributed by atoms with E-state index in [4.69, 9.17) is 0 Å². The highest BCUT2D eigenvalue weighted by atomic mass is 16.1. The van der Waals surface area contributed by atoms with Gasteiger partial charge in [-0.25, -0.2) is 5.10 Å². The Morgan fingerprint density at radius 1 is 1.17 bits per heavy atom. The predicted octanol–water partition coefficient (Wildman–Crippen LogP) is 2.21. The molecule has 2 aromatic carbocycles. The molecule has 5 nitrogen and oxygen atoms in total. The van der Waals surface area contributed by atoms with E-state index in [1.165, 1.54) is 0 Å². The number of carbonyl (C=O) groups is 1. The quantitative estimate of drug-likeness (QED) is 0.760. The van der Waals surface area contributed by atoms with Gasteiger partial charge >= 0.3 is 0 Å². The third kappa shape index (κ3) is 2.69. The van der Waals surface area contributed by atoms with Crippen LogP contribution >= 0.6 is 0 Å². The van der Waals surface area contributed by atoms with E-state index in [1.807, 2.05) is 42.5 Å². The number of hydrogen-bond donors (Lipinski definition) is 2. The van der Waals surface area contributed by atoms with Gasteiger partial charge in [0.15, 0.2) is 0 Å². The second-order valence-electron chi connectivity index (χ2n) is 6.14. The summed E-state index contributed by atoms with van der Waals surface area (Å²) >= 11 is 0. The van der Waals surface area contributed by atoms with Crippen LogP contribution in [0.2, 0.25) is 0 Å². The number of fused-ring (bicyclic) bond motifs is 2. The first-order valence-electron chi connectivity index (χ1n) is 8.07. The molecule has 2 N–H and O–H groups in total. The van der Waals surface area contributed by atoms with Gasteiger partial charge in [0.1, 0.15) is 0 Å². The Morgan fingerprint density at radius 2 is 2.00 bits per heavy atom. The summed E-state index contributed by atoms with van der Waals surface area (Å²) in [4.78, 5) is 24.1. The number of aryl methyl sites for hydroxylation is 1. The topological polar surface area (TPSA) is 74.8 Å². The number of hydrogen-bond acceptors (Lipinski definition) is 3. The fourth-order valence-electron chi connectivity index (χ4n) is 3.35. The molecule has 1 aliphatic carbocycles. The van der Waals surface area contributed by atoms with Crippen molar-refractivity contribution in [2.45, 2.75) is 25.3 Å². The summed E-state index contributed by atoms with van der Waals surface area (Å²) in [7, 11) is 0. The fourth-order valence-corrected chi connectivity index (χ4v) is 3.35. The monoisotopic (exact) mass is 319 g/mol. The van der Waals surface area contributed by atoms with Crippen LogP contribution in [0.1, 0.15) is 28.0 Å². The Hall–Kier alpha value is -2.95. The van der Waals surface area contributed by atoms with E-state index < -0.39 is 0 Å². The number of carbonyl (C=O) groups excluding carboxylic acids is 1. The maximum Gasteiger partial charge on any atom is 0.264 e. The summed E-state index contributed by atoms with van der Waals surface area (Å²) in [5, 5.41) is 11.7. The average molecular weight is 319 g/mol. The number of nitrogens with zero attached hydrogens (tertiary/aromatic N) is 1. The molecule has 0 aliphatic heterocycles. The molecule has 24 heavy (non-hydrogen) atoms. The minimum absolute atomic E-state index is 0.0209. The third-order valence-corrected chi connectivity index (χ3v) is 4.54. The number of rotatable bonds is 2. The summed E-state index contributed by atoms with van der Waals surface area (Å²) in [5.74, 6) is -0.0713. The third-order valence-electron chi connectivity index (χ3n) is 4.54. The highest BCUT2D eigenvalue weighted by Gasteiger charge is 2.22. The molecule has 1 atom stereocenters. The lowest BCUT2D eigenvalue weighted by Crippen LogP contribution is -2.39. The zero-order valence-corrected chi connectivity index (χ0v) is 13.1. The molecule has 0 saturated carbocycles. The largest absolute Gasteiger partial charge is 0.349 e. The summed E-state index contributed by atoms with van der Waals surface area (Å²) in [6, 6.07) is 15.2. The number of amides is 1. The number of aromatic amines is 1. The molecule has 0 unspecified atom stereocenters. The van der Waals surface area contributed by atoms with Gasteiger partial charge in [-0.3, -0.25) is 9.59 Å². The van der Waals surface area contributed by atoms with Crippen molar-refractivity contribution < 1.29 is 4.79 Å². The molecular weight excluding hydrogens is 302 g/mol. The van der Waals surface area contributed by atoms with Crippen molar-refractivity contribution in [2.75, 3.05) is 0 Å².